The van der Waals surface area contributed by atoms with Crippen LogP contribution >= 0.6 is 0 Å². The van der Waals surface area contributed by atoms with Crippen LogP contribution in [0, 0.1) is 0 Å². The first-order chi connectivity index (χ1) is 16.0. The number of nitrogens with zero attached hydrogens (tertiary/aromatic N) is 2. The number of rotatable bonds is 5. The summed E-state index contributed by atoms with van der Waals surface area (Å²) in [6.45, 7) is 2.86. The standard InChI is InChI=1S/C24H22N4O5/c1-14(16-4-6-22(31-2)25-11-16)26-23(29)17-9-19-24(30)27-18(13-28(19)12-17)15-3-5-20-21(10-15)33-8-7-32-20/h3-6,9-14H,7-8H2,1-2H3,(H,26,29)(H,27,30). The first-order valence-electron chi connectivity index (χ1n) is 10.5. The lowest BCUT2D eigenvalue weighted by molar-refractivity contribution is 0.0940. The minimum atomic E-state index is -0.297. The third-order valence-corrected chi connectivity index (χ3v) is 5.53. The predicted molar refractivity (Wildman–Crippen MR) is 121 cm³/mol. The largest absolute Gasteiger partial charge is 0.486 e. The van der Waals surface area contributed by atoms with Crippen molar-refractivity contribution in [2.24, 2.45) is 0 Å². The minimum absolute atomic E-state index is 0.273. The van der Waals surface area contributed by atoms with Gasteiger partial charge in [0.2, 0.25) is 5.88 Å². The average Bonchev–Trinajstić information content (AvgIpc) is 3.29. The monoisotopic (exact) mass is 446 g/mol. The van der Waals surface area contributed by atoms with Crippen molar-refractivity contribution in [3.8, 4) is 28.6 Å². The van der Waals surface area contributed by atoms with E-state index in [2.05, 4.69) is 15.3 Å². The molecule has 0 bridgehead atoms. The summed E-state index contributed by atoms with van der Waals surface area (Å²) in [4.78, 5) is 32.6. The summed E-state index contributed by atoms with van der Waals surface area (Å²) in [5, 5.41) is 2.94. The molecule has 0 saturated heterocycles. The summed E-state index contributed by atoms with van der Waals surface area (Å²) in [5.41, 5.74) is 2.68. The number of fused-ring (bicyclic) bond motifs is 2. The van der Waals surface area contributed by atoms with Crippen molar-refractivity contribution < 1.29 is 19.0 Å². The van der Waals surface area contributed by atoms with Gasteiger partial charge in [0.1, 0.15) is 18.7 Å². The maximum absolute atomic E-state index is 12.8. The Morgan fingerprint density at radius 3 is 2.73 bits per heavy atom. The number of carbonyl (C=O) groups excluding carboxylic acids is 1. The number of ether oxygens (including phenoxy) is 3. The summed E-state index contributed by atoms with van der Waals surface area (Å²) < 4.78 is 17.9. The van der Waals surface area contributed by atoms with Crippen LogP contribution in [-0.2, 0) is 0 Å². The van der Waals surface area contributed by atoms with E-state index in [-0.39, 0.29) is 17.5 Å². The summed E-state index contributed by atoms with van der Waals surface area (Å²) in [6, 6.07) is 10.4. The lowest BCUT2D eigenvalue weighted by Crippen LogP contribution is -2.26. The maximum atomic E-state index is 12.8. The number of hydrogen-bond acceptors (Lipinski definition) is 6. The lowest BCUT2D eigenvalue weighted by Gasteiger charge is -2.18. The molecular formula is C24H22N4O5. The first-order valence-corrected chi connectivity index (χ1v) is 10.5. The molecule has 3 aromatic heterocycles. The number of amides is 1. The van der Waals surface area contributed by atoms with E-state index in [9.17, 15) is 9.59 Å². The fraction of sp³-hybridized carbons (Fsp3) is 0.208. The second-order valence-electron chi connectivity index (χ2n) is 7.71. The summed E-state index contributed by atoms with van der Waals surface area (Å²) >= 11 is 0. The number of nitrogens with one attached hydrogen (secondary N) is 2. The SMILES string of the molecule is COc1ccc(C(C)NC(=O)c2cc3c(=O)[nH]c(-c4ccc5c(c4)OCCO5)cn3c2)cn1. The molecule has 1 aliphatic heterocycles. The molecule has 1 aliphatic rings. The van der Waals surface area contributed by atoms with Crippen molar-refractivity contribution in [1.82, 2.24) is 19.7 Å². The summed E-state index contributed by atoms with van der Waals surface area (Å²) in [5.74, 6) is 1.52. The van der Waals surface area contributed by atoms with Gasteiger partial charge in [-0.25, -0.2) is 4.98 Å². The van der Waals surface area contributed by atoms with Gasteiger partial charge in [-0.3, -0.25) is 9.59 Å². The highest BCUT2D eigenvalue weighted by Crippen LogP contribution is 2.33. The lowest BCUT2D eigenvalue weighted by atomic mass is 10.1. The van der Waals surface area contributed by atoms with Gasteiger partial charge in [0.25, 0.3) is 11.5 Å². The van der Waals surface area contributed by atoms with Crippen LogP contribution < -0.4 is 25.1 Å². The first kappa shape index (κ1) is 20.6. The van der Waals surface area contributed by atoms with Crippen LogP contribution in [0.15, 0.2) is 59.8 Å². The number of methoxy groups -OCH3 is 1. The molecule has 9 heteroatoms. The number of aromatic amines is 1. The second-order valence-corrected chi connectivity index (χ2v) is 7.71. The quantitative estimate of drug-likeness (QED) is 0.488. The van der Waals surface area contributed by atoms with Crippen molar-refractivity contribution in [1.29, 1.82) is 0 Å². The molecule has 1 unspecified atom stereocenters. The van der Waals surface area contributed by atoms with Crippen molar-refractivity contribution >= 4 is 11.4 Å². The Bertz CT molecular complexity index is 1390. The van der Waals surface area contributed by atoms with Crippen molar-refractivity contribution in [2.45, 2.75) is 13.0 Å². The Kier molecular flexibility index (Phi) is 5.21. The van der Waals surface area contributed by atoms with Crippen LogP contribution in [0.3, 0.4) is 0 Å². The molecule has 0 radical (unpaired) electrons. The van der Waals surface area contributed by atoms with E-state index in [4.69, 9.17) is 14.2 Å². The fourth-order valence-electron chi connectivity index (χ4n) is 3.74. The van der Waals surface area contributed by atoms with Crippen LogP contribution in [0.25, 0.3) is 16.8 Å². The van der Waals surface area contributed by atoms with Gasteiger partial charge < -0.3 is 28.9 Å². The van der Waals surface area contributed by atoms with Crippen molar-refractivity contribution in [2.75, 3.05) is 20.3 Å². The Morgan fingerprint density at radius 2 is 1.97 bits per heavy atom. The van der Waals surface area contributed by atoms with E-state index in [0.29, 0.717) is 47.4 Å². The zero-order valence-corrected chi connectivity index (χ0v) is 18.1. The molecule has 4 aromatic rings. The molecule has 2 N–H and O–H groups in total. The van der Waals surface area contributed by atoms with Gasteiger partial charge in [0, 0.05) is 30.2 Å². The number of benzene rings is 1. The second kappa shape index (κ2) is 8.34. The molecule has 5 rings (SSSR count). The van der Waals surface area contributed by atoms with E-state index in [0.717, 1.165) is 11.1 Å². The van der Waals surface area contributed by atoms with Gasteiger partial charge in [0.05, 0.1) is 24.4 Å². The molecule has 0 fully saturated rings. The average molecular weight is 446 g/mol. The van der Waals surface area contributed by atoms with Gasteiger partial charge in [-0.2, -0.15) is 0 Å². The van der Waals surface area contributed by atoms with Crippen LogP contribution in [0.1, 0.15) is 28.9 Å². The van der Waals surface area contributed by atoms with Crippen molar-refractivity contribution in [3.05, 3.63) is 76.5 Å². The number of hydrogen-bond donors (Lipinski definition) is 2. The molecule has 1 amide bonds. The van der Waals surface area contributed by atoms with E-state index < -0.39 is 0 Å². The van der Waals surface area contributed by atoms with Gasteiger partial charge in [-0.1, -0.05) is 6.07 Å². The third kappa shape index (κ3) is 4.00. The normalized spacial score (nSPS) is 13.5. The minimum Gasteiger partial charge on any atom is -0.486 e. The molecule has 33 heavy (non-hydrogen) atoms. The Labute approximate surface area is 189 Å². The van der Waals surface area contributed by atoms with E-state index in [1.165, 1.54) is 0 Å². The third-order valence-electron chi connectivity index (χ3n) is 5.53. The van der Waals surface area contributed by atoms with E-state index >= 15 is 0 Å². The molecule has 4 heterocycles. The topological polar surface area (TPSA) is 107 Å². The van der Waals surface area contributed by atoms with Gasteiger partial charge >= 0.3 is 0 Å². The van der Waals surface area contributed by atoms with E-state index in [1.807, 2.05) is 31.2 Å². The zero-order chi connectivity index (χ0) is 22.9. The summed E-state index contributed by atoms with van der Waals surface area (Å²) in [7, 11) is 1.55. The highest BCUT2D eigenvalue weighted by atomic mass is 16.6. The smallest absolute Gasteiger partial charge is 0.272 e. The number of aromatic nitrogens is 3. The molecule has 1 atom stereocenters. The van der Waals surface area contributed by atoms with Crippen LogP contribution in [-0.4, -0.2) is 40.6 Å². The molecular weight excluding hydrogens is 424 g/mol. The number of carbonyl (C=O) groups is 1. The molecule has 168 valence electrons. The van der Waals surface area contributed by atoms with E-state index in [1.54, 1.807) is 42.2 Å². The van der Waals surface area contributed by atoms with Gasteiger partial charge in [0.15, 0.2) is 11.5 Å². The van der Waals surface area contributed by atoms with Crippen LogP contribution in [0.5, 0.6) is 17.4 Å². The number of pyridine rings is 1. The maximum Gasteiger partial charge on any atom is 0.272 e. The van der Waals surface area contributed by atoms with Crippen LogP contribution in [0.2, 0.25) is 0 Å². The molecule has 1 aromatic carbocycles. The predicted octanol–water partition coefficient (Wildman–Crippen LogP) is 2.96. The Balaban J connectivity index is 1.40. The zero-order valence-electron chi connectivity index (χ0n) is 18.1. The van der Waals surface area contributed by atoms with Gasteiger partial charge in [-0.05, 0) is 36.8 Å². The highest BCUT2D eigenvalue weighted by Gasteiger charge is 2.17. The summed E-state index contributed by atoms with van der Waals surface area (Å²) in [6.07, 6.45) is 5.07. The fourth-order valence-corrected chi connectivity index (χ4v) is 3.74. The van der Waals surface area contributed by atoms with Gasteiger partial charge in [-0.15, -0.1) is 0 Å². The molecule has 0 saturated carbocycles. The Morgan fingerprint density at radius 1 is 1.15 bits per heavy atom. The highest BCUT2D eigenvalue weighted by molar-refractivity contribution is 5.95. The molecule has 0 aliphatic carbocycles. The molecule has 0 spiro atoms. The van der Waals surface area contributed by atoms with Crippen molar-refractivity contribution in [3.63, 3.8) is 0 Å². The molecule has 9 nitrogen and oxygen atoms in total. The van der Waals surface area contributed by atoms with Crippen LogP contribution in [0.4, 0.5) is 0 Å². The Hall–Kier alpha value is -4.27. The number of H-pyrrole nitrogens is 1.